The number of tetrazole rings is 1. The van der Waals surface area contributed by atoms with Gasteiger partial charge in [-0.3, -0.25) is 0 Å². The van der Waals surface area contributed by atoms with Gasteiger partial charge < -0.3 is 14.9 Å². The number of ether oxygens (including phenoxy) is 1. The average molecular weight is 374 g/mol. The average Bonchev–Trinajstić information content (AvgIpc) is 3.09. The second kappa shape index (κ2) is 6.98. The second-order valence-electron chi connectivity index (χ2n) is 4.53. The van der Waals surface area contributed by atoms with Gasteiger partial charge in [-0.2, -0.15) is 15.6 Å². The van der Waals surface area contributed by atoms with Gasteiger partial charge in [0, 0.05) is 45.3 Å². The van der Waals surface area contributed by atoms with Crippen molar-refractivity contribution in [2.24, 2.45) is 7.05 Å². The fourth-order valence-electron chi connectivity index (χ4n) is 1.98. The van der Waals surface area contributed by atoms with Crippen molar-refractivity contribution in [3.8, 4) is 11.6 Å². The largest absolute Gasteiger partial charge is 0.579 e. The van der Waals surface area contributed by atoms with Crippen LogP contribution < -0.4 is 15.5 Å². The zero-order valence-corrected chi connectivity index (χ0v) is 15.0. The van der Waals surface area contributed by atoms with Crippen LogP contribution in [0.15, 0.2) is 35.3 Å². The quantitative estimate of drug-likeness (QED) is 0.649. The standard InChI is InChI=1S/C13H13N6O2.Y/c1-9-4-3-5-11(19-13(20)18(2)16-17-19)10(9)8-21-12-6-7-14-15-12;/h3-7H,8H2,1-2H3;/q-1;. The van der Waals surface area contributed by atoms with Gasteiger partial charge in [-0.25, -0.2) is 4.79 Å². The van der Waals surface area contributed by atoms with Gasteiger partial charge in [-0.1, -0.05) is 12.1 Å². The molecular formula is C13H13N6O2Y-. The first-order valence-electron chi connectivity index (χ1n) is 6.32. The summed E-state index contributed by atoms with van der Waals surface area (Å²) in [7, 11) is 1.55. The van der Waals surface area contributed by atoms with E-state index in [0.717, 1.165) is 11.1 Å². The fraction of sp³-hybridized carbons (Fsp3) is 0.231. The predicted molar refractivity (Wildman–Crippen MR) is 73.2 cm³/mol. The van der Waals surface area contributed by atoms with Gasteiger partial charge in [0.15, 0.2) is 5.88 Å². The Morgan fingerprint density at radius 2 is 2.09 bits per heavy atom. The molecule has 3 aromatic rings. The third-order valence-corrected chi connectivity index (χ3v) is 3.14. The Labute approximate surface area is 151 Å². The fourth-order valence-corrected chi connectivity index (χ4v) is 1.98. The molecule has 0 spiro atoms. The van der Waals surface area contributed by atoms with Crippen molar-refractivity contribution in [3.63, 3.8) is 0 Å². The van der Waals surface area contributed by atoms with Gasteiger partial charge in [-0.15, -0.1) is 0 Å². The van der Waals surface area contributed by atoms with Crippen LogP contribution >= 0.6 is 0 Å². The molecule has 0 atom stereocenters. The minimum atomic E-state index is -0.310. The molecule has 0 N–H and O–H groups in total. The summed E-state index contributed by atoms with van der Waals surface area (Å²) in [4.78, 5) is 12.0. The minimum Gasteiger partial charge on any atom is -0.579 e. The van der Waals surface area contributed by atoms with Crippen LogP contribution in [0.5, 0.6) is 5.88 Å². The number of hydrogen-bond acceptors (Lipinski definition) is 5. The van der Waals surface area contributed by atoms with E-state index in [1.54, 1.807) is 25.4 Å². The maximum atomic E-state index is 12.0. The number of aromatic nitrogens is 6. The molecule has 2 heterocycles. The molecule has 0 fully saturated rings. The predicted octanol–water partition coefficient (Wildman–Crippen LogP) is 0.203. The molecule has 0 aliphatic carbocycles. The molecule has 0 unspecified atom stereocenters. The van der Waals surface area contributed by atoms with E-state index >= 15 is 0 Å². The molecule has 111 valence electrons. The summed E-state index contributed by atoms with van der Waals surface area (Å²) in [6.45, 7) is 2.21. The van der Waals surface area contributed by atoms with Crippen molar-refractivity contribution in [1.29, 1.82) is 0 Å². The molecule has 0 bridgehead atoms. The molecule has 0 saturated carbocycles. The minimum absolute atomic E-state index is 0. The van der Waals surface area contributed by atoms with E-state index in [2.05, 4.69) is 20.6 Å². The summed E-state index contributed by atoms with van der Waals surface area (Å²) >= 11 is 0. The van der Waals surface area contributed by atoms with Gasteiger partial charge in [0.2, 0.25) is 0 Å². The Hall–Kier alpha value is -1.80. The second-order valence-corrected chi connectivity index (χ2v) is 4.53. The van der Waals surface area contributed by atoms with Crippen molar-refractivity contribution in [2.75, 3.05) is 0 Å². The molecule has 8 nitrogen and oxygen atoms in total. The third-order valence-electron chi connectivity index (χ3n) is 3.14. The Morgan fingerprint density at radius 1 is 1.27 bits per heavy atom. The van der Waals surface area contributed by atoms with Gasteiger partial charge >= 0.3 is 5.69 Å². The van der Waals surface area contributed by atoms with Gasteiger partial charge in [0.1, 0.15) is 6.61 Å². The van der Waals surface area contributed by atoms with E-state index in [0.29, 0.717) is 11.6 Å². The van der Waals surface area contributed by atoms with Crippen molar-refractivity contribution >= 4 is 0 Å². The zero-order valence-electron chi connectivity index (χ0n) is 12.2. The molecule has 1 radical (unpaired) electrons. The summed E-state index contributed by atoms with van der Waals surface area (Å²) in [6, 6.07) is 7.28. The first-order chi connectivity index (χ1) is 10.2. The molecule has 22 heavy (non-hydrogen) atoms. The van der Waals surface area contributed by atoms with Crippen molar-refractivity contribution < 1.29 is 37.4 Å². The Kier molecular flexibility index (Phi) is 5.25. The SMILES string of the molecule is Cc1cccc(-n2nnn(C)c2=O)c1COc1cc[n-]n1.[Y]. The van der Waals surface area contributed by atoms with Crippen molar-refractivity contribution in [2.45, 2.75) is 13.5 Å². The summed E-state index contributed by atoms with van der Waals surface area (Å²) < 4.78 is 8.01. The number of rotatable bonds is 4. The number of nitrogens with zero attached hydrogens (tertiary/aromatic N) is 6. The van der Waals surface area contributed by atoms with Gasteiger partial charge in [-0.05, 0) is 35.0 Å². The van der Waals surface area contributed by atoms with E-state index in [9.17, 15) is 4.79 Å². The molecule has 0 aliphatic rings. The van der Waals surface area contributed by atoms with Crippen LogP contribution in [0.25, 0.3) is 5.69 Å². The maximum Gasteiger partial charge on any atom is 0.368 e. The van der Waals surface area contributed by atoms with Crippen LogP contribution in [-0.2, 0) is 46.4 Å². The summed E-state index contributed by atoms with van der Waals surface area (Å²) in [5.41, 5.74) is 2.18. The van der Waals surface area contributed by atoms with Crippen molar-refractivity contribution in [3.05, 3.63) is 52.1 Å². The van der Waals surface area contributed by atoms with E-state index in [4.69, 9.17) is 4.74 Å². The smallest absolute Gasteiger partial charge is 0.368 e. The maximum absolute atomic E-state index is 12.0. The van der Waals surface area contributed by atoms with Crippen LogP contribution in [-0.4, -0.2) is 24.9 Å². The Morgan fingerprint density at radius 3 is 2.73 bits per heavy atom. The third kappa shape index (κ3) is 3.17. The van der Waals surface area contributed by atoms with Crippen LogP contribution in [0.1, 0.15) is 11.1 Å². The van der Waals surface area contributed by atoms with E-state index in [1.807, 2.05) is 19.1 Å². The van der Waals surface area contributed by atoms with Crippen molar-refractivity contribution in [1.82, 2.24) is 30.0 Å². The molecule has 3 rings (SSSR count). The van der Waals surface area contributed by atoms with Crippen LogP contribution in [0.2, 0.25) is 0 Å². The van der Waals surface area contributed by atoms with E-state index in [-0.39, 0.29) is 45.0 Å². The van der Waals surface area contributed by atoms with Crippen LogP contribution in [0, 0.1) is 6.92 Å². The molecule has 0 saturated heterocycles. The normalized spacial score (nSPS) is 10.3. The summed E-state index contributed by atoms with van der Waals surface area (Å²) in [5.74, 6) is 0.440. The van der Waals surface area contributed by atoms with Gasteiger partial charge in [0.05, 0.1) is 5.69 Å². The van der Waals surface area contributed by atoms with E-state index in [1.165, 1.54) is 9.36 Å². The molecule has 0 amide bonds. The van der Waals surface area contributed by atoms with Crippen LogP contribution in [0.4, 0.5) is 0 Å². The van der Waals surface area contributed by atoms with Crippen LogP contribution in [0.3, 0.4) is 0 Å². The zero-order chi connectivity index (χ0) is 14.8. The molecule has 0 aliphatic heterocycles. The Bertz CT molecular complexity index is 808. The topological polar surface area (TPSA) is 88.9 Å². The number of aryl methyl sites for hydroxylation is 2. The summed E-state index contributed by atoms with van der Waals surface area (Å²) in [5, 5.41) is 15.1. The summed E-state index contributed by atoms with van der Waals surface area (Å²) in [6.07, 6.45) is 1.56. The number of benzene rings is 1. The van der Waals surface area contributed by atoms with Gasteiger partial charge in [0.25, 0.3) is 0 Å². The number of hydrogen-bond donors (Lipinski definition) is 0. The molecular weight excluding hydrogens is 361 g/mol. The molecule has 1 aromatic carbocycles. The molecule has 2 aromatic heterocycles. The Balaban J connectivity index is 0.00000176. The first-order valence-corrected chi connectivity index (χ1v) is 6.32. The first kappa shape index (κ1) is 16.6. The van der Waals surface area contributed by atoms with E-state index < -0.39 is 0 Å². The monoisotopic (exact) mass is 374 g/mol. The molecule has 9 heteroatoms.